The minimum absolute atomic E-state index is 0.186. The normalized spacial score (nSPS) is 31.3. The number of carboxylic acid groups (broad SMARTS) is 1. The lowest BCUT2D eigenvalue weighted by Gasteiger charge is -2.22. The van der Waals surface area contributed by atoms with E-state index in [9.17, 15) is 14.7 Å². The first kappa shape index (κ1) is 16.0. The number of hydrogen-bond donors (Lipinski definition) is 2. The van der Waals surface area contributed by atoms with Crippen LogP contribution in [0.5, 0.6) is 0 Å². The van der Waals surface area contributed by atoms with E-state index in [0.29, 0.717) is 12.5 Å². The second-order valence-electron chi connectivity index (χ2n) is 6.00. The van der Waals surface area contributed by atoms with E-state index < -0.39 is 23.9 Å². The smallest absolute Gasteiger partial charge is 0.310 e. The molecule has 0 spiro atoms. The first-order valence-electron chi connectivity index (χ1n) is 7.92. The molecule has 5 nitrogen and oxygen atoms in total. The SMILES string of the molecule is CCCC[C@@H](CC)CNC(=O)[C@H]1[C@@H](C(=O)O)[C@@H]2C=C[C@@H]1O2. The molecule has 0 aromatic rings. The van der Waals surface area contributed by atoms with Crippen LogP contribution in [-0.4, -0.2) is 35.7 Å². The van der Waals surface area contributed by atoms with Gasteiger partial charge in [0.05, 0.1) is 18.1 Å². The average molecular weight is 295 g/mol. The highest BCUT2D eigenvalue weighted by atomic mass is 16.5. The molecule has 21 heavy (non-hydrogen) atoms. The van der Waals surface area contributed by atoms with E-state index in [4.69, 9.17) is 4.74 Å². The number of fused-ring (bicyclic) bond motifs is 2. The van der Waals surface area contributed by atoms with Crippen molar-refractivity contribution in [1.29, 1.82) is 0 Å². The molecule has 2 aliphatic heterocycles. The fourth-order valence-electron chi connectivity index (χ4n) is 3.22. The lowest BCUT2D eigenvalue weighted by atomic mass is 9.82. The summed E-state index contributed by atoms with van der Waals surface area (Å²) in [6.45, 7) is 4.90. The zero-order valence-corrected chi connectivity index (χ0v) is 12.7. The van der Waals surface area contributed by atoms with Crippen molar-refractivity contribution in [2.24, 2.45) is 17.8 Å². The van der Waals surface area contributed by atoms with E-state index in [0.717, 1.165) is 25.7 Å². The Labute approximate surface area is 125 Å². The van der Waals surface area contributed by atoms with Crippen LogP contribution in [0.1, 0.15) is 39.5 Å². The highest BCUT2D eigenvalue weighted by Crippen LogP contribution is 2.39. The Hall–Kier alpha value is -1.36. The number of aliphatic carboxylic acids is 1. The Bertz CT molecular complexity index is 421. The van der Waals surface area contributed by atoms with Gasteiger partial charge in [0.15, 0.2) is 0 Å². The Morgan fingerprint density at radius 3 is 2.48 bits per heavy atom. The molecule has 1 saturated heterocycles. The lowest BCUT2D eigenvalue weighted by Crippen LogP contribution is -2.43. The third kappa shape index (κ3) is 3.46. The molecule has 0 aromatic carbocycles. The van der Waals surface area contributed by atoms with E-state index in [2.05, 4.69) is 19.2 Å². The number of carboxylic acids is 1. The summed E-state index contributed by atoms with van der Waals surface area (Å²) in [4.78, 5) is 23.7. The number of rotatable bonds is 8. The van der Waals surface area contributed by atoms with Gasteiger partial charge in [0.2, 0.25) is 5.91 Å². The van der Waals surface area contributed by atoms with Crippen LogP contribution in [0.25, 0.3) is 0 Å². The van der Waals surface area contributed by atoms with Crippen molar-refractivity contribution in [2.45, 2.75) is 51.7 Å². The van der Waals surface area contributed by atoms with E-state index in [1.54, 1.807) is 6.08 Å². The van der Waals surface area contributed by atoms with Gasteiger partial charge in [0.1, 0.15) is 5.92 Å². The fraction of sp³-hybridized carbons (Fsp3) is 0.750. The van der Waals surface area contributed by atoms with Gasteiger partial charge in [-0.1, -0.05) is 45.3 Å². The van der Waals surface area contributed by atoms with Gasteiger partial charge < -0.3 is 15.2 Å². The average Bonchev–Trinajstić information content (AvgIpc) is 3.07. The summed E-state index contributed by atoms with van der Waals surface area (Å²) in [6, 6.07) is 0. The highest BCUT2D eigenvalue weighted by molar-refractivity contribution is 5.87. The van der Waals surface area contributed by atoms with E-state index in [1.807, 2.05) is 6.08 Å². The molecule has 5 heteroatoms. The summed E-state index contributed by atoms with van der Waals surface area (Å²) >= 11 is 0. The van der Waals surface area contributed by atoms with Crippen LogP contribution in [0.3, 0.4) is 0 Å². The predicted molar refractivity (Wildman–Crippen MR) is 78.7 cm³/mol. The molecule has 2 N–H and O–H groups in total. The summed E-state index contributed by atoms with van der Waals surface area (Å²) in [5.74, 6) is -2.02. The molecule has 0 aliphatic carbocycles. The van der Waals surface area contributed by atoms with Gasteiger partial charge >= 0.3 is 5.97 Å². The maximum atomic E-state index is 12.4. The van der Waals surface area contributed by atoms with Gasteiger partial charge in [-0.2, -0.15) is 0 Å². The largest absolute Gasteiger partial charge is 0.481 e. The van der Waals surface area contributed by atoms with Crippen LogP contribution in [-0.2, 0) is 14.3 Å². The van der Waals surface area contributed by atoms with Crippen LogP contribution in [0, 0.1) is 17.8 Å². The van der Waals surface area contributed by atoms with E-state index in [1.165, 1.54) is 0 Å². The molecule has 118 valence electrons. The molecular weight excluding hydrogens is 270 g/mol. The maximum Gasteiger partial charge on any atom is 0.310 e. The Morgan fingerprint density at radius 2 is 1.90 bits per heavy atom. The van der Waals surface area contributed by atoms with Gasteiger partial charge in [0.25, 0.3) is 0 Å². The molecule has 2 rings (SSSR count). The molecule has 1 fully saturated rings. The van der Waals surface area contributed by atoms with Crippen LogP contribution in [0.15, 0.2) is 12.2 Å². The van der Waals surface area contributed by atoms with Crippen molar-refractivity contribution in [3.8, 4) is 0 Å². The number of ether oxygens (including phenoxy) is 1. The number of carbonyl (C=O) groups excluding carboxylic acids is 1. The number of unbranched alkanes of at least 4 members (excludes halogenated alkanes) is 1. The standard InChI is InChI=1S/C16H25NO4/c1-3-5-6-10(4-2)9-17-15(18)13-11-7-8-12(21-11)14(13)16(19)20/h7-8,10-14H,3-6,9H2,1-2H3,(H,17,18)(H,19,20)/t10-,11+,12+,13-,14+/m1/s1. The molecular formula is C16H25NO4. The Kier molecular flexibility index (Phi) is 5.39. The van der Waals surface area contributed by atoms with Gasteiger partial charge in [-0.05, 0) is 12.3 Å². The van der Waals surface area contributed by atoms with Crippen LogP contribution < -0.4 is 5.32 Å². The monoisotopic (exact) mass is 295 g/mol. The lowest BCUT2D eigenvalue weighted by molar-refractivity contribution is -0.146. The Balaban J connectivity index is 1.90. The number of amides is 1. The van der Waals surface area contributed by atoms with Crippen molar-refractivity contribution >= 4 is 11.9 Å². The Morgan fingerprint density at radius 1 is 1.24 bits per heavy atom. The number of nitrogens with one attached hydrogen (secondary N) is 1. The van der Waals surface area contributed by atoms with Crippen molar-refractivity contribution < 1.29 is 19.4 Å². The maximum absolute atomic E-state index is 12.4. The molecule has 1 amide bonds. The predicted octanol–water partition coefficient (Wildman–Crippen LogP) is 1.97. The molecule has 0 saturated carbocycles. The van der Waals surface area contributed by atoms with Crippen LogP contribution in [0.4, 0.5) is 0 Å². The summed E-state index contributed by atoms with van der Waals surface area (Å²) in [5.41, 5.74) is 0. The zero-order valence-electron chi connectivity index (χ0n) is 12.7. The first-order valence-corrected chi connectivity index (χ1v) is 7.92. The molecule has 2 heterocycles. The molecule has 2 bridgehead atoms. The molecule has 2 aliphatic rings. The topological polar surface area (TPSA) is 75.6 Å². The number of hydrogen-bond acceptors (Lipinski definition) is 3. The number of carbonyl (C=O) groups is 2. The summed E-state index contributed by atoms with van der Waals surface area (Å²) in [7, 11) is 0. The zero-order chi connectivity index (χ0) is 15.4. The minimum atomic E-state index is -0.954. The second-order valence-corrected chi connectivity index (χ2v) is 6.00. The van der Waals surface area contributed by atoms with Gasteiger partial charge in [0, 0.05) is 6.54 Å². The molecule has 0 unspecified atom stereocenters. The molecule has 5 atom stereocenters. The third-order valence-electron chi connectivity index (χ3n) is 4.60. The van der Waals surface area contributed by atoms with E-state index >= 15 is 0 Å². The fourth-order valence-corrected chi connectivity index (χ4v) is 3.22. The first-order chi connectivity index (χ1) is 10.1. The van der Waals surface area contributed by atoms with Crippen LogP contribution >= 0.6 is 0 Å². The van der Waals surface area contributed by atoms with Crippen molar-refractivity contribution in [1.82, 2.24) is 5.32 Å². The summed E-state index contributed by atoms with van der Waals surface area (Å²) in [6.07, 6.45) is 7.16. The second kappa shape index (κ2) is 7.07. The van der Waals surface area contributed by atoms with E-state index in [-0.39, 0.29) is 12.0 Å². The van der Waals surface area contributed by atoms with Gasteiger partial charge in [-0.15, -0.1) is 0 Å². The third-order valence-corrected chi connectivity index (χ3v) is 4.60. The summed E-state index contributed by atoms with van der Waals surface area (Å²) in [5, 5.41) is 12.2. The highest BCUT2D eigenvalue weighted by Gasteiger charge is 2.53. The van der Waals surface area contributed by atoms with Crippen LogP contribution in [0.2, 0.25) is 0 Å². The van der Waals surface area contributed by atoms with Crippen molar-refractivity contribution in [3.05, 3.63) is 12.2 Å². The summed E-state index contributed by atoms with van der Waals surface area (Å²) < 4.78 is 5.53. The molecule has 0 aromatic heterocycles. The van der Waals surface area contributed by atoms with Crippen molar-refractivity contribution in [3.63, 3.8) is 0 Å². The van der Waals surface area contributed by atoms with Gasteiger partial charge in [-0.3, -0.25) is 9.59 Å². The molecule has 0 radical (unpaired) electrons. The van der Waals surface area contributed by atoms with Crippen molar-refractivity contribution in [2.75, 3.05) is 6.54 Å². The quantitative estimate of drug-likeness (QED) is 0.671. The van der Waals surface area contributed by atoms with Gasteiger partial charge in [-0.25, -0.2) is 0 Å². The minimum Gasteiger partial charge on any atom is -0.481 e.